The van der Waals surface area contributed by atoms with Gasteiger partial charge in [0.25, 0.3) is 5.91 Å². The third-order valence-corrected chi connectivity index (χ3v) is 1.99. The van der Waals surface area contributed by atoms with Crippen LogP contribution in [0.15, 0.2) is 18.2 Å². The zero-order valence-electron chi connectivity index (χ0n) is 8.00. The molecule has 0 saturated heterocycles. The van der Waals surface area contributed by atoms with Crippen LogP contribution >= 0.6 is 0 Å². The van der Waals surface area contributed by atoms with Crippen molar-refractivity contribution < 1.29 is 14.6 Å². The van der Waals surface area contributed by atoms with Gasteiger partial charge in [-0.1, -0.05) is 0 Å². The second kappa shape index (κ2) is 2.64. The molecule has 4 nitrogen and oxygen atoms in total. The van der Waals surface area contributed by atoms with Crippen LogP contribution in [0.5, 0.6) is 11.5 Å². The Hall–Kier alpha value is -1.71. The minimum Gasteiger partial charge on any atom is -0.508 e. The molecule has 0 radical (unpaired) electrons. The molecule has 74 valence electrons. The van der Waals surface area contributed by atoms with Gasteiger partial charge >= 0.3 is 0 Å². The van der Waals surface area contributed by atoms with Crippen LogP contribution in [0.3, 0.4) is 0 Å². The first-order chi connectivity index (χ1) is 6.48. The molecule has 2 N–H and O–H groups in total. The third kappa shape index (κ3) is 1.39. The van der Waals surface area contributed by atoms with E-state index in [9.17, 15) is 9.90 Å². The summed E-state index contributed by atoms with van der Waals surface area (Å²) in [6.07, 6.45) is 0. The summed E-state index contributed by atoms with van der Waals surface area (Å²) in [4.78, 5) is 11.6. The second-order valence-electron chi connectivity index (χ2n) is 3.75. The molecule has 1 aromatic carbocycles. The smallest absolute Gasteiger partial charge is 0.258 e. The van der Waals surface area contributed by atoms with Crippen LogP contribution in [0.1, 0.15) is 24.2 Å². The van der Waals surface area contributed by atoms with Gasteiger partial charge in [0.2, 0.25) is 0 Å². The summed E-state index contributed by atoms with van der Waals surface area (Å²) >= 11 is 0. The van der Waals surface area contributed by atoms with E-state index in [2.05, 4.69) is 5.32 Å². The number of phenolic OH excluding ortho intramolecular Hbond substituents is 1. The predicted octanol–water partition coefficient (Wildman–Crippen LogP) is 1.25. The first-order valence-electron chi connectivity index (χ1n) is 4.32. The number of ether oxygens (including phenoxy) is 1. The van der Waals surface area contributed by atoms with E-state index in [1.54, 1.807) is 19.9 Å². The van der Waals surface area contributed by atoms with Crippen LogP contribution in [0.2, 0.25) is 0 Å². The third-order valence-electron chi connectivity index (χ3n) is 1.99. The molecule has 1 aliphatic heterocycles. The molecule has 0 atom stereocenters. The van der Waals surface area contributed by atoms with E-state index in [0.29, 0.717) is 11.3 Å². The van der Waals surface area contributed by atoms with Gasteiger partial charge in [0.15, 0.2) is 5.72 Å². The number of amides is 1. The molecule has 0 fully saturated rings. The number of carbonyl (C=O) groups excluding carboxylic acids is 1. The van der Waals surface area contributed by atoms with Gasteiger partial charge in [0.05, 0.1) is 5.56 Å². The number of nitrogens with one attached hydrogen (secondary N) is 1. The van der Waals surface area contributed by atoms with Gasteiger partial charge < -0.3 is 15.2 Å². The van der Waals surface area contributed by atoms with Crippen molar-refractivity contribution in [2.24, 2.45) is 0 Å². The van der Waals surface area contributed by atoms with E-state index in [1.807, 2.05) is 0 Å². The topological polar surface area (TPSA) is 58.6 Å². The van der Waals surface area contributed by atoms with Crippen molar-refractivity contribution in [2.75, 3.05) is 0 Å². The maximum atomic E-state index is 11.6. The number of fused-ring (bicyclic) bond motifs is 1. The van der Waals surface area contributed by atoms with Gasteiger partial charge in [-0.05, 0) is 32.0 Å². The number of rotatable bonds is 0. The lowest BCUT2D eigenvalue weighted by Gasteiger charge is -2.32. The number of hydrogen-bond acceptors (Lipinski definition) is 3. The second-order valence-corrected chi connectivity index (χ2v) is 3.75. The Bertz CT molecular complexity index is 398. The zero-order valence-corrected chi connectivity index (χ0v) is 8.00. The Labute approximate surface area is 81.5 Å². The van der Waals surface area contributed by atoms with Crippen molar-refractivity contribution in [3.63, 3.8) is 0 Å². The highest BCUT2D eigenvalue weighted by atomic mass is 16.5. The molecule has 0 bridgehead atoms. The number of benzene rings is 1. The fourth-order valence-electron chi connectivity index (χ4n) is 1.43. The Morgan fingerprint density at radius 2 is 2.14 bits per heavy atom. The first-order valence-corrected chi connectivity index (χ1v) is 4.32. The van der Waals surface area contributed by atoms with Crippen LogP contribution < -0.4 is 10.1 Å². The highest BCUT2D eigenvalue weighted by Crippen LogP contribution is 2.29. The molecule has 0 saturated carbocycles. The van der Waals surface area contributed by atoms with Crippen LogP contribution in [-0.4, -0.2) is 16.7 Å². The summed E-state index contributed by atoms with van der Waals surface area (Å²) in [6, 6.07) is 4.47. The molecule has 0 aromatic heterocycles. The molecular weight excluding hydrogens is 182 g/mol. The molecule has 1 aromatic rings. The van der Waals surface area contributed by atoms with Crippen molar-refractivity contribution in [3.05, 3.63) is 23.8 Å². The van der Waals surface area contributed by atoms with Gasteiger partial charge in [0.1, 0.15) is 11.5 Å². The summed E-state index contributed by atoms with van der Waals surface area (Å²) < 4.78 is 5.50. The lowest BCUT2D eigenvalue weighted by atomic mass is 10.1. The van der Waals surface area contributed by atoms with E-state index in [4.69, 9.17) is 4.74 Å². The number of phenols is 1. The van der Waals surface area contributed by atoms with Crippen LogP contribution in [0.25, 0.3) is 0 Å². The highest BCUT2D eigenvalue weighted by molar-refractivity contribution is 5.98. The van der Waals surface area contributed by atoms with E-state index in [-0.39, 0.29) is 11.7 Å². The van der Waals surface area contributed by atoms with Crippen molar-refractivity contribution in [1.82, 2.24) is 5.32 Å². The van der Waals surface area contributed by atoms with E-state index in [1.165, 1.54) is 12.1 Å². The van der Waals surface area contributed by atoms with Crippen molar-refractivity contribution in [3.8, 4) is 11.5 Å². The van der Waals surface area contributed by atoms with Crippen LogP contribution in [-0.2, 0) is 0 Å². The summed E-state index contributed by atoms with van der Waals surface area (Å²) in [5.74, 6) is 0.325. The van der Waals surface area contributed by atoms with Gasteiger partial charge in [-0.15, -0.1) is 0 Å². The first kappa shape index (κ1) is 8.87. The number of aromatic hydroxyl groups is 1. The minimum atomic E-state index is -0.693. The molecule has 1 aliphatic rings. The van der Waals surface area contributed by atoms with Crippen molar-refractivity contribution in [1.29, 1.82) is 0 Å². The molecular formula is C10H11NO3. The standard InChI is InChI=1S/C10H11NO3/c1-10(2)11-9(13)7-5-6(12)3-4-8(7)14-10/h3-5,12H,1-2H3,(H,11,13). The fraction of sp³-hybridized carbons (Fsp3) is 0.300. The van der Waals surface area contributed by atoms with Crippen molar-refractivity contribution in [2.45, 2.75) is 19.6 Å². The van der Waals surface area contributed by atoms with Crippen molar-refractivity contribution >= 4 is 5.91 Å². The quantitative estimate of drug-likeness (QED) is 0.652. The molecule has 2 rings (SSSR count). The fourth-order valence-corrected chi connectivity index (χ4v) is 1.43. The molecule has 0 aliphatic carbocycles. The van der Waals surface area contributed by atoms with E-state index >= 15 is 0 Å². The van der Waals surface area contributed by atoms with Gasteiger partial charge in [0, 0.05) is 0 Å². The highest BCUT2D eigenvalue weighted by Gasteiger charge is 2.31. The predicted molar refractivity (Wildman–Crippen MR) is 50.3 cm³/mol. The Morgan fingerprint density at radius 3 is 2.86 bits per heavy atom. The molecule has 0 spiro atoms. The van der Waals surface area contributed by atoms with Gasteiger partial charge in [-0.2, -0.15) is 0 Å². The van der Waals surface area contributed by atoms with Gasteiger partial charge in [-0.3, -0.25) is 4.79 Å². The molecule has 0 unspecified atom stereocenters. The molecule has 1 heterocycles. The van der Waals surface area contributed by atoms with Crippen LogP contribution in [0.4, 0.5) is 0 Å². The zero-order chi connectivity index (χ0) is 10.3. The Morgan fingerprint density at radius 1 is 1.43 bits per heavy atom. The van der Waals surface area contributed by atoms with E-state index in [0.717, 1.165) is 0 Å². The largest absolute Gasteiger partial charge is 0.508 e. The Balaban J connectivity index is 2.50. The Kier molecular flexibility index (Phi) is 1.67. The van der Waals surface area contributed by atoms with Crippen LogP contribution in [0, 0.1) is 0 Å². The molecule has 14 heavy (non-hydrogen) atoms. The lowest BCUT2D eigenvalue weighted by molar-refractivity contribution is 0.0432. The van der Waals surface area contributed by atoms with E-state index < -0.39 is 5.72 Å². The molecule has 1 amide bonds. The van der Waals surface area contributed by atoms with Gasteiger partial charge in [-0.25, -0.2) is 0 Å². The summed E-state index contributed by atoms with van der Waals surface area (Å²) in [5.41, 5.74) is -0.328. The summed E-state index contributed by atoms with van der Waals surface area (Å²) in [7, 11) is 0. The SMILES string of the molecule is CC1(C)NC(=O)c2cc(O)ccc2O1. The lowest BCUT2D eigenvalue weighted by Crippen LogP contribution is -2.51. The number of carbonyl (C=O) groups is 1. The average Bonchev–Trinajstić information content (AvgIpc) is 2.05. The summed E-state index contributed by atoms with van der Waals surface area (Å²) in [6.45, 7) is 3.53. The average molecular weight is 193 g/mol. The maximum absolute atomic E-state index is 11.6. The maximum Gasteiger partial charge on any atom is 0.258 e. The summed E-state index contributed by atoms with van der Waals surface area (Å²) in [5, 5.41) is 11.9. The minimum absolute atomic E-state index is 0.0576. The monoisotopic (exact) mass is 193 g/mol. The molecule has 4 heteroatoms. The number of hydrogen-bond donors (Lipinski definition) is 2. The normalized spacial score (nSPS) is 18.0.